The number of carboxylic acids is 1. The van der Waals surface area contributed by atoms with Crippen molar-refractivity contribution in [3.63, 3.8) is 0 Å². The van der Waals surface area contributed by atoms with Crippen LogP contribution < -0.4 is 4.31 Å². The van der Waals surface area contributed by atoms with E-state index in [1.807, 2.05) is 0 Å². The Balaban J connectivity index is 2.53. The molecule has 1 aromatic heterocycles. The summed E-state index contributed by atoms with van der Waals surface area (Å²) in [7, 11) is -4.60. The second-order valence-electron chi connectivity index (χ2n) is 3.40. The lowest BCUT2D eigenvalue weighted by molar-refractivity contribution is 0.0691. The number of para-hydroxylation sites is 1. The highest BCUT2D eigenvalue weighted by Crippen LogP contribution is 2.30. The first kappa shape index (κ1) is 13.5. The predicted molar refractivity (Wildman–Crippen MR) is 69.2 cm³/mol. The fraction of sp³-hybridized carbons (Fsp3) is 0. The van der Waals surface area contributed by atoms with E-state index < -0.39 is 16.3 Å². The van der Waals surface area contributed by atoms with Crippen molar-refractivity contribution in [1.82, 2.24) is 4.98 Å². The summed E-state index contributed by atoms with van der Waals surface area (Å²) in [6.45, 7) is 0. The zero-order valence-electron chi connectivity index (χ0n) is 9.29. The highest BCUT2D eigenvalue weighted by Gasteiger charge is 2.25. The molecule has 7 nitrogen and oxygen atoms in total. The summed E-state index contributed by atoms with van der Waals surface area (Å²) in [5, 5.41) is 9.81. The third-order valence-corrected chi connectivity index (χ3v) is 3.89. The highest BCUT2D eigenvalue weighted by atomic mass is 32.2. The summed E-state index contributed by atoms with van der Waals surface area (Å²) in [5.74, 6) is -1.27. The van der Waals surface area contributed by atoms with Crippen LogP contribution in [0.1, 0.15) is 10.5 Å². The minimum absolute atomic E-state index is 0.147. The average Bonchev–Trinajstić information content (AvgIpc) is 2.78. The molecule has 1 aromatic carbocycles. The number of benzene rings is 1. The summed E-state index contributed by atoms with van der Waals surface area (Å²) in [5.41, 5.74) is -0.124. The third-order valence-electron chi connectivity index (χ3n) is 2.11. The Hall–Kier alpha value is -1.97. The molecule has 0 fully saturated rings. The summed E-state index contributed by atoms with van der Waals surface area (Å²) in [6.07, 6.45) is 0. The minimum atomic E-state index is -4.60. The molecule has 0 atom stereocenters. The number of aromatic carboxylic acids is 1. The van der Waals surface area contributed by atoms with E-state index in [-0.39, 0.29) is 16.5 Å². The molecule has 2 rings (SSSR count). The van der Waals surface area contributed by atoms with Gasteiger partial charge in [-0.25, -0.2) is 9.78 Å². The molecule has 0 amide bonds. The summed E-state index contributed by atoms with van der Waals surface area (Å²) >= 11 is 0.803. The van der Waals surface area contributed by atoms with Crippen molar-refractivity contribution < 1.29 is 22.9 Å². The third kappa shape index (κ3) is 2.89. The Morgan fingerprint density at radius 2 is 1.89 bits per heavy atom. The van der Waals surface area contributed by atoms with Gasteiger partial charge in [-0.05, 0) is 12.1 Å². The molecule has 0 saturated heterocycles. The Morgan fingerprint density at radius 3 is 2.37 bits per heavy atom. The maximum atomic E-state index is 11.4. The molecule has 2 N–H and O–H groups in total. The lowest BCUT2D eigenvalue weighted by Crippen LogP contribution is -2.25. The van der Waals surface area contributed by atoms with Crippen LogP contribution in [0.25, 0.3) is 0 Å². The number of rotatable bonds is 4. The second kappa shape index (κ2) is 4.96. The van der Waals surface area contributed by atoms with Crippen molar-refractivity contribution >= 4 is 38.4 Å². The molecule has 0 saturated carbocycles. The Labute approximate surface area is 112 Å². The molecule has 19 heavy (non-hydrogen) atoms. The number of hydrogen-bond donors (Lipinski definition) is 2. The van der Waals surface area contributed by atoms with Gasteiger partial charge >= 0.3 is 16.3 Å². The van der Waals surface area contributed by atoms with Crippen LogP contribution in [0.3, 0.4) is 0 Å². The fourth-order valence-electron chi connectivity index (χ4n) is 1.36. The Kier molecular flexibility index (Phi) is 3.51. The van der Waals surface area contributed by atoms with Gasteiger partial charge in [0.25, 0.3) is 0 Å². The molecule has 0 aliphatic rings. The molecule has 2 aromatic rings. The van der Waals surface area contributed by atoms with E-state index in [0.29, 0.717) is 4.31 Å². The maximum Gasteiger partial charge on any atom is 0.366 e. The van der Waals surface area contributed by atoms with Gasteiger partial charge in [0.05, 0.1) is 5.69 Å². The van der Waals surface area contributed by atoms with Crippen LogP contribution in [0.15, 0.2) is 35.7 Å². The molecule has 0 aliphatic heterocycles. The summed E-state index contributed by atoms with van der Waals surface area (Å²) in [4.78, 5) is 14.4. The van der Waals surface area contributed by atoms with Crippen molar-refractivity contribution in [2.75, 3.05) is 4.31 Å². The number of carbonyl (C=O) groups is 1. The molecule has 0 unspecified atom stereocenters. The SMILES string of the molecule is O=C(O)c1csc(N(c2ccccc2)S(=O)(=O)O)n1. The van der Waals surface area contributed by atoms with E-state index in [4.69, 9.17) is 5.11 Å². The lowest BCUT2D eigenvalue weighted by atomic mass is 10.3. The van der Waals surface area contributed by atoms with Crippen LogP contribution in [0.5, 0.6) is 0 Å². The molecule has 100 valence electrons. The molecular formula is C10H8N2O5S2. The van der Waals surface area contributed by atoms with E-state index in [2.05, 4.69) is 4.98 Å². The monoisotopic (exact) mass is 300 g/mol. The normalized spacial score (nSPS) is 11.2. The smallest absolute Gasteiger partial charge is 0.366 e. The van der Waals surface area contributed by atoms with Crippen molar-refractivity contribution in [3.8, 4) is 0 Å². The van der Waals surface area contributed by atoms with Gasteiger partial charge in [-0.3, -0.25) is 4.55 Å². The fourth-order valence-corrected chi connectivity index (χ4v) is 3.12. The van der Waals surface area contributed by atoms with Crippen LogP contribution in [-0.4, -0.2) is 29.0 Å². The largest absolute Gasteiger partial charge is 0.476 e. The van der Waals surface area contributed by atoms with Gasteiger partial charge in [-0.2, -0.15) is 12.7 Å². The van der Waals surface area contributed by atoms with Crippen LogP contribution in [0.2, 0.25) is 0 Å². The lowest BCUT2D eigenvalue weighted by Gasteiger charge is -2.17. The van der Waals surface area contributed by atoms with Crippen LogP contribution in [-0.2, 0) is 10.3 Å². The molecule has 0 radical (unpaired) electrons. The van der Waals surface area contributed by atoms with Crippen molar-refractivity contribution in [2.45, 2.75) is 0 Å². The highest BCUT2D eigenvalue weighted by molar-refractivity contribution is 7.87. The quantitative estimate of drug-likeness (QED) is 0.833. The Bertz CT molecular complexity index is 696. The number of nitrogens with zero attached hydrogens (tertiary/aromatic N) is 2. The number of carboxylic acid groups (broad SMARTS) is 1. The first-order chi connectivity index (χ1) is 8.89. The molecule has 0 spiro atoms. The zero-order chi connectivity index (χ0) is 14.0. The van der Waals surface area contributed by atoms with Gasteiger partial charge in [0.1, 0.15) is 0 Å². The zero-order valence-corrected chi connectivity index (χ0v) is 10.9. The number of hydrogen-bond acceptors (Lipinski definition) is 5. The van der Waals surface area contributed by atoms with Gasteiger partial charge in [0.2, 0.25) is 5.13 Å². The van der Waals surface area contributed by atoms with Crippen molar-refractivity contribution in [2.24, 2.45) is 0 Å². The molecule has 1 heterocycles. The van der Waals surface area contributed by atoms with Crippen LogP contribution in [0, 0.1) is 0 Å². The number of aromatic nitrogens is 1. The minimum Gasteiger partial charge on any atom is -0.476 e. The topological polar surface area (TPSA) is 108 Å². The number of thiazole rings is 1. The van der Waals surface area contributed by atoms with Gasteiger partial charge in [0, 0.05) is 5.38 Å². The maximum absolute atomic E-state index is 11.4. The van der Waals surface area contributed by atoms with E-state index >= 15 is 0 Å². The van der Waals surface area contributed by atoms with Gasteiger partial charge in [-0.15, -0.1) is 11.3 Å². The summed E-state index contributed by atoms with van der Waals surface area (Å²) < 4.78 is 32.6. The van der Waals surface area contributed by atoms with Gasteiger partial charge < -0.3 is 5.11 Å². The number of anilines is 2. The van der Waals surface area contributed by atoms with Crippen molar-refractivity contribution in [3.05, 3.63) is 41.4 Å². The van der Waals surface area contributed by atoms with E-state index in [1.54, 1.807) is 18.2 Å². The average molecular weight is 300 g/mol. The standard InChI is InChI=1S/C10H8N2O5S2/c13-9(14)8-6-18-10(11-8)12(19(15,16)17)7-4-2-1-3-5-7/h1-6H,(H,13,14)(H,15,16,17). The molecule has 9 heteroatoms. The molecule has 0 aliphatic carbocycles. The molecular weight excluding hydrogens is 292 g/mol. The van der Waals surface area contributed by atoms with Crippen LogP contribution in [0.4, 0.5) is 10.8 Å². The predicted octanol–water partition coefficient (Wildman–Crippen LogP) is 1.78. The van der Waals surface area contributed by atoms with E-state index in [9.17, 15) is 17.8 Å². The van der Waals surface area contributed by atoms with Gasteiger partial charge in [-0.1, -0.05) is 18.2 Å². The second-order valence-corrected chi connectivity index (χ2v) is 5.50. The van der Waals surface area contributed by atoms with Crippen LogP contribution >= 0.6 is 11.3 Å². The van der Waals surface area contributed by atoms with Crippen molar-refractivity contribution in [1.29, 1.82) is 0 Å². The molecule has 0 bridgehead atoms. The first-order valence-corrected chi connectivity index (χ1v) is 7.19. The summed E-state index contributed by atoms with van der Waals surface area (Å²) in [6, 6.07) is 7.75. The first-order valence-electron chi connectivity index (χ1n) is 4.91. The Morgan fingerprint density at radius 1 is 1.26 bits per heavy atom. The van der Waals surface area contributed by atoms with E-state index in [1.165, 1.54) is 17.5 Å². The van der Waals surface area contributed by atoms with Gasteiger partial charge in [0.15, 0.2) is 5.69 Å². The van der Waals surface area contributed by atoms with E-state index in [0.717, 1.165) is 11.3 Å².